The van der Waals surface area contributed by atoms with Crippen LogP contribution in [0.15, 0.2) is 0 Å². The van der Waals surface area contributed by atoms with Crippen LogP contribution >= 0.6 is 0 Å². The molecule has 1 saturated heterocycles. The van der Waals surface area contributed by atoms with Crippen LogP contribution in [-0.4, -0.2) is 41.8 Å². The van der Waals surface area contributed by atoms with Crippen molar-refractivity contribution < 1.29 is 19.4 Å². The molecule has 0 bridgehead atoms. The largest absolute Gasteiger partial charge is 0.481 e. The van der Waals surface area contributed by atoms with Crippen LogP contribution < -0.4 is 0 Å². The minimum Gasteiger partial charge on any atom is -0.481 e. The van der Waals surface area contributed by atoms with Crippen molar-refractivity contribution in [3.63, 3.8) is 0 Å². The summed E-state index contributed by atoms with van der Waals surface area (Å²) < 4.78 is 4.67. The van der Waals surface area contributed by atoms with Crippen molar-refractivity contribution in [3.05, 3.63) is 0 Å². The van der Waals surface area contributed by atoms with E-state index in [1.54, 1.807) is 4.90 Å². The second kappa shape index (κ2) is 5.58. The Hall–Kier alpha value is -1.26. The summed E-state index contributed by atoms with van der Waals surface area (Å²) in [6.45, 7) is 0.678. The molecule has 1 aliphatic rings. The molecule has 1 fully saturated rings. The van der Waals surface area contributed by atoms with E-state index in [1.807, 2.05) is 0 Å². The van der Waals surface area contributed by atoms with E-state index in [0.29, 0.717) is 13.0 Å². The number of aliphatic carboxylic acids is 1. The van der Waals surface area contributed by atoms with Gasteiger partial charge in [-0.15, -0.1) is 0 Å². The molecule has 0 aromatic carbocycles. The summed E-state index contributed by atoms with van der Waals surface area (Å²) in [4.78, 5) is 23.5. The quantitative estimate of drug-likeness (QED) is 0.774. The molecule has 0 aromatic heterocycles. The Bertz CT molecular complexity index is 242. The highest BCUT2D eigenvalue weighted by Crippen LogP contribution is 2.21. The molecule has 1 amide bonds. The van der Waals surface area contributed by atoms with E-state index in [2.05, 4.69) is 4.74 Å². The van der Waals surface area contributed by atoms with Crippen molar-refractivity contribution in [1.29, 1.82) is 0 Å². The molecule has 1 atom stereocenters. The molecule has 5 heteroatoms. The number of carbonyl (C=O) groups is 2. The number of hydrogen-bond acceptors (Lipinski definition) is 3. The number of carboxylic acids is 1. The van der Waals surface area contributed by atoms with Crippen molar-refractivity contribution >= 4 is 12.1 Å². The summed E-state index contributed by atoms with van der Waals surface area (Å²) in [5.74, 6) is -0.814. The number of ether oxygens (including phenoxy) is 1. The summed E-state index contributed by atoms with van der Waals surface area (Å²) in [5.41, 5.74) is 0. The molecule has 5 nitrogen and oxygen atoms in total. The first-order valence-corrected chi connectivity index (χ1v) is 5.21. The molecular weight excluding hydrogens is 198 g/mol. The highest BCUT2D eigenvalue weighted by Gasteiger charge is 2.27. The Labute approximate surface area is 89.0 Å². The van der Waals surface area contributed by atoms with Crippen molar-refractivity contribution in [3.8, 4) is 0 Å². The molecule has 15 heavy (non-hydrogen) atoms. The normalized spacial score (nSPS) is 21.1. The average Bonchev–Trinajstić information content (AvgIpc) is 2.25. The van der Waals surface area contributed by atoms with Gasteiger partial charge in [0.1, 0.15) is 0 Å². The first-order valence-electron chi connectivity index (χ1n) is 5.21. The number of carbonyl (C=O) groups excluding carboxylic acids is 1. The maximum absolute atomic E-state index is 11.4. The van der Waals surface area contributed by atoms with E-state index >= 15 is 0 Å². The smallest absolute Gasteiger partial charge is 0.409 e. The number of hydrogen-bond donors (Lipinski definition) is 1. The number of carboxylic acid groups (broad SMARTS) is 1. The van der Waals surface area contributed by atoms with E-state index in [9.17, 15) is 9.59 Å². The monoisotopic (exact) mass is 215 g/mol. The summed E-state index contributed by atoms with van der Waals surface area (Å²) in [6, 6.07) is 0.0299. The topological polar surface area (TPSA) is 66.8 Å². The number of piperidine rings is 1. The van der Waals surface area contributed by atoms with Crippen molar-refractivity contribution in [2.24, 2.45) is 0 Å². The fourth-order valence-corrected chi connectivity index (χ4v) is 1.95. The second-order valence-electron chi connectivity index (χ2n) is 3.75. The Kier molecular flexibility index (Phi) is 4.39. The number of rotatable bonds is 3. The van der Waals surface area contributed by atoms with Gasteiger partial charge in [0.2, 0.25) is 0 Å². The predicted octanol–water partition coefficient (Wildman–Crippen LogP) is 1.47. The van der Waals surface area contributed by atoms with Crippen LogP contribution in [0.2, 0.25) is 0 Å². The lowest BCUT2D eigenvalue weighted by Crippen LogP contribution is -2.43. The first kappa shape index (κ1) is 11.8. The first-order chi connectivity index (χ1) is 7.15. The Balaban J connectivity index is 2.49. The number of amides is 1. The molecule has 1 unspecified atom stereocenters. The van der Waals surface area contributed by atoms with Gasteiger partial charge in [0.25, 0.3) is 0 Å². The minimum atomic E-state index is -0.814. The number of methoxy groups -OCH3 is 1. The summed E-state index contributed by atoms with van der Waals surface area (Å²) in [6.07, 6.45) is 3.19. The number of likely N-dealkylation sites (tertiary alicyclic amines) is 1. The van der Waals surface area contributed by atoms with Gasteiger partial charge in [0, 0.05) is 19.0 Å². The third kappa shape index (κ3) is 3.42. The zero-order valence-corrected chi connectivity index (χ0v) is 8.94. The molecule has 86 valence electrons. The maximum Gasteiger partial charge on any atom is 0.409 e. The third-order valence-corrected chi connectivity index (χ3v) is 2.73. The standard InChI is InChI=1S/C10H17NO4/c1-15-10(14)11-7-3-2-4-8(11)5-6-9(12)13/h8H,2-7H2,1H3,(H,12,13). The minimum absolute atomic E-state index is 0.0299. The summed E-state index contributed by atoms with van der Waals surface area (Å²) in [7, 11) is 1.35. The van der Waals surface area contributed by atoms with Crippen LogP contribution in [0.4, 0.5) is 4.79 Å². The highest BCUT2D eigenvalue weighted by atomic mass is 16.5. The average molecular weight is 215 g/mol. The zero-order valence-electron chi connectivity index (χ0n) is 8.94. The second-order valence-corrected chi connectivity index (χ2v) is 3.75. The van der Waals surface area contributed by atoms with Crippen LogP contribution in [0.5, 0.6) is 0 Å². The molecule has 1 aliphatic heterocycles. The van der Waals surface area contributed by atoms with Gasteiger partial charge in [-0.05, 0) is 25.7 Å². The fourth-order valence-electron chi connectivity index (χ4n) is 1.95. The Morgan fingerprint density at radius 3 is 2.80 bits per heavy atom. The molecular formula is C10H17NO4. The molecule has 0 aliphatic carbocycles. The van der Waals surface area contributed by atoms with Gasteiger partial charge in [0.15, 0.2) is 0 Å². The maximum atomic E-state index is 11.4. The molecule has 1 rings (SSSR count). The van der Waals surface area contributed by atoms with Crippen molar-refractivity contribution in [1.82, 2.24) is 4.90 Å². The predicted molar refractivity (Wildman–Crippen MR) is 53.6 cm³/mol. The highest BCUT2D eigenvalue weighted by molar-refractivity contribution is 5.69. The van der Waals surface area contributed by atoms with Gasteiger partial charge in [-0.25, -0.2) is 4.79 Å². The summed E-state index contributed by atoms with van der Waals surface area (Å²) >= 11 is 0. The lowest BCUT2D eigenvalue weighted by molar-refractivity contribution is -0.137. The van der Waals surface area contributed by atoms with Crippen molar-refractivity contribution in [2.45, 2.75) is 38.1 Å². The van der Waals surface area contributed by atoms with E-state index < -0.39 is 5.97 Å². The SMILES string of the molecule is COC(=O)N1CCCCC1CCC(=O)O. The van der Waals surface area contributed by atoms with E-state index in [0.717, 1.165) is 19.3 Å². The van der Waals surface area contributed by atoms with E-state index in [4.69, 9.17) is 5.11 Å². The Morgan fingerprint density at radius 2 is 2.20 bits per heavy atom. The summed E-state index contributed by atoms with van der Waals surface area (Å²) in [5, 5.41) is 8.59. The Morgan fingerprint density at radius 1 is 1.47 bits per heavy atom. The third-order valence-electron chi connectivity index (χ3n) is 2.73. The van der Waals surface area contributed by atoms with Crippen LogP contribution in [0.3, 0.4) is 0 Å². The molecule has 1 N–H and O–H groups in total. The molecule has 0 aromatic rings. The fraction of sp³-hybridized carbons (Fsp3) is 0.800. The van der Waals surface area contributed by atoms with Gasteiger partial charge < -0.3 is 14.7 Å². The van der Waals surface area contributed by atoms with Gasteiger partial charge >= 0.3 is 12.1 Å². The lowest BCUT2D eigenvalue weighted by Gasteiger charge is -2.34. The van der Waals surface area contributed by atoms with Crippen LogP contribution in [0.1, 0.15) is 32.1 Å². The zero-order chi connectivity index (χ0) is 11.3. The van der Waals surface area contributed by atoms with Crippen LogP contribution in [0.25, 0.3) is 0 Å². The van der Waals surface area contributed by atoms with Crippen LogP contribution in [-0.2, 0) is 9.53 Å². The van der Waals surface area contributed by atoms with Gasteiger partial charge in [-0.1, -0.05) is 0 Å². The lowest BCUT2D eigenvalue weighted by atomic mass is 9.98. The molecule has 0 saturated carbocycles. The van der Waals surface area contributed by atoms with E-state index in [1.165, 1.54) is 7.11 Å². The van der Waals surface area contributed by atoms with E-state index in [-0.39, 0.29) is 18.6 Å². The van der Waals surface area contributed by atoms with Crippen molar-refractivity contribution in [2.75, 3.05) is 13.7 Å². The number of nitrogens with zero attached hydrogens (tertiary/aromatic N) is 1. The molecule has 0 spiro atoms. The van der Waals surface area contributed by atoms with Gasteiger partial charge in [-0.2, -0.15) is 0 Å². The molecule has 1 heterocycles. The van der Waals surface area contributed by atoms with Gasteiger partial charge in [0.05, 0.1) is 7.11 Å². The van der Waals surface area contributed by atoms with Gasteiger partial charge in [-0.3, -0.25) is 4.79 Å². The molecule has 0 radical (unpaired) electrons. The van der Waals surface area contributed by atoms with Crippen LogP contribution in [0, 0.1) is 0 Å².